The highest BCUT2D eigenvalue weighted by atomic mass is 14.4. The summed E-state index contributed by atoms with van der Waals surface area (Å²) in [5.74, 6) is 1.41. The van der Waals surface area contributed by atoms with Crippen LogP contribution in [0.5, 0.6) is 0 Å². The first-order chi connectivity index (χ1) is 9.48. The smallest absolute Gasteiger partial charge is 0.0175 e. The van der Waals surface area contributed by atoms with E-state index in [-0.39, 0.29) is 7.43 Å². The van der Waals surface area contributed by atoms with E-state index in [2.05, 4.69) is 46.4 Å². The highest BCUT2D eigenvalue weighted by Crippen LogP contribution is 2.46. The SMILES string of the molecule is C.C=C1/C(=C\C=C2/CCCC(C)(CC)C2C)CCCC1C. The zero-order valence-corrected chi connectivity index (χ0v) is 14.0. The van der Waals surface area contributed by atoms with Gasteiger partial charge in [-0.05, 0) is 66.9 Å². The molecule has 2 aliphatic carbocycles. The monoisotopic (exact) mass is 288 g/mol. The van der Waals surface area contributed by atoms with Crippen molar-refractivity contribution in [3.63, 3.8) is 0 Å². The van der Waals surface area contributed by atoms with Crippen molar-refractivity contribution in [2.75, 3.05) is 0 Å². The van der Waals surface area contributed by atoms with Gasteiger partial charge in [-0.3, -0.25) is 0 Å². The minimum Gasteiger partial charge on any atom is -0.0953 e. The van der Waals surface area contributed by atoms with Crippen LogP contribution in [0.3, 0.4) is 0 Å². The molecule has 3 unspecified atom stereocenters. The van der Waals surface area contributed by atoms with Gasteiger partial charge in [-0.25, -0.2) is 0 Å². The summed E-state index contributed by atoms with van der Waals surface area (Å²) in [6.45, 7) is 13.9. The fraction of sp³-hybridized carbons (Fsp3) is 0.714. The van der Waals surface area contributed by atoms with Crippen LogP contribution in [0.15, 0.2) is 35.5 Å². The van der Waals surface area contributed by atoms with Crippen LogP contribution in [-0.4, -0.2) is 0 Å². The van der Waals surface area contributed by atoms with Crippen molar-refractivity contribution in [1.82, 2.24) is 0 Å². The zero-order chi connectivity index (χ0) is 14.8. The van der Waals surface area contributed by atoms with Gasteiger partial charge in [0.05, 0.1) is 0 Å². The molecule has 0 aromatic rings. The van der Waals surface area contributed by atoms with Crippen molar-refractivity contribution in [1.29, 1.82) is 0 Å². The van der Waals surface area contributed by atoms with E-state index in [4.69, 9.17) is 0 Å². The first-order valence-electron chi connectivity index (χ1n) is 8.56. The summed E-state index contributed by atoms with van der Waals surface area (Å²) >= 11 is 0. The van der Waals surface area contributed by atoms with Crippen molar-refractivity contribution in [3.8, 4) is 0 Å². The summed E-state index contributed by atoms with van der Waals surface area (Å²) in [6.07, 6.45) is 14.1. The minimum atomic E-state index is 0. The van der Waals surface area contributed by atoms with Crippen molar-refractivity contribution < 1.29 is 0 Å². The second kappa shape index (κ2) is 7.47. The van der Waals surface area contributed by atoms with Crippen molar-refractivity contribution in [2.45, 2.75) is 80.1 Å². The molecule has 0 nitrogen and oxygen atoms in total. The molecule has 21 heavy (non-hydrogen) atoms. The van der Waals surface area contributed by atoms with E-state index in [1.165, 1.54) is 56.1 Å². The summed E-state index contributed by atoms with van der Waals surface area (Å²) in [6, 6.07) is 0. The van der Waals surface area contributed by atoms with E-state index in [0.717, 1.165) is 5.92 Å². The maximum absolute atomic E-state index is 4.31. The van der Waals surface area contributed by atoms with Crippen LogP contribution in [0.4, 0.5) is 0 Å². The van der Waals surface area contributed by atoms with Gasteiger partial charge in [0, 0.05) is 0 Å². The summed E-state index contributed by atoms with van der Waals surface area (Å²) in [5, 5.41) is 0. The van der Waals surface area contributed by atoms with Gasteiger partial charge in [0.25, 0.3) is 0 Å². The van der Waals surface area contributed by atoms with Crippen LogP contribution in [0.25, 0.3) is 0 Å². The number of hydrogen-bond donors (Lipinski definition) is 0. The van der Waals surface area contributed by atoms with E-state index >= 15 is 0 Å². The lowest BCUT2D eigenvalue weighted by atomic mass is 9.64. The van der Waals surface area contributed by atoms with Crippen molar-refractivity contribution in [2.24, 2.45) is 17.3 Å². The number of hydrogen-bond acceptors (Lipinski definition) is 0. The third-order valence-electron chi connectivity index (χ3n) is 6.21. The van der Waals surface area contributed by atoms with Gasteiger partial charge in [-0.1, -0.05) is 65.8 Å². The molecule has 0 N–H and O–H groups in total. The number of rotatable bonds is 2. The quantitative estimate of drug-likeness (QED) is 0.509. The lowest BCUT2D eigenvalue weighted by Crippen LogP contribution is -2.29. The molecule has 2 aliphatic rings. The molecular weight excluding hydrogens is 252 g/mol. The van der Waals surface area contributed by atoms with Crippen LogP contribution >= 0.6 is 0 Å². The zero-order valence-electron chi connectivity index (χ0n) is 14.0. The second-order valence-corrected chi connectivity index (χ2v) is 7.33. The minimum absolute atomic E-state index is 0. The van der Waals surface area contributed by atoms with Gasteiger partial charge in [-0.2, -0.15) is 0 Å². The van der Waals surface area contributed by atoms with Crippen LogP contribution in [0.1, 0.15) is 80.1 Å². The average molecular weight is 289 g/mol. The molecule has 3 atom stereocenters. The highest BCUT2D eigenvalue weighted by molar-refractivity contribution is 5.36. The molecule has 0 aliphatic heterocycles. The van der Waals surface area contributed by atoms with Crippen molar-refractivity contribution >= 4 is 0 Å². The molecule has 2 fully saturated rings. The maximum atomic E-state index is 4.31. The third-order valence-corrected chi connectivity index (χ3v) is 6.21. The van der Waals surface area contributed by atoms with Crippen LogP contribution in [0.2, 0.25) is 0 Å². The van der Waals surface area contributed by atoms with Gasteiger partial charge in [-0.15, -0.1) is 0 Å². The molecule has 2 rings (SSSR count). The molecule has 0 amide bonds. The Balaban J connectivity index is 0.00000220. The Kier molecular flexibility index (Phi) is 6.50. The van der Waals surface area contributed by atoms with Gasteiger partial charge in [0.15, 0.2) is 0 Å². The first kappa shape index (κ1) is 18.3. The summed E-state index contributed by atoms with van der Waals surface area (Å²) < 4.78 is 0. The number of allylic oxidation sites excluding steroid dienone is 5. The van der Waals surface area contributed by atoms with Gasteiger partial charge in [0.2, 0.25) is 0 Å². The van der Waals surface area contributed by atoms with Crippen LogP contribution in [-0.2, 0) is 0 Å². The normalized spacial score (nSPS) is 37.6. The molecule has 0 heterocycles. The molecule has 0 radical (unpaired) electrons. The largest absolute Gasteiger partial charge is 0.0953 e. The Morgan fingerprint density at radius 3 is 2.57 bits per heavy atom. The first-order valence-corrected chi connectivity index (χ1v) is 8.56. The second-order valence-electron chi connectivity index (χ2n) is 7.33. The molecule has 0 spiro atoms. The molecule has 120 valence electrons. The molecule has 0 aromatic carbocycles. The van der Waals surface area contributed by atoms with E-state index in [9.17, 15) is 0 Å². The average Bonchev–Trinajstić information content (AvgIpc) is 2.44. The lowest BCUT2D eigenvalue weighted by molar-refractivity contribution is 0.170. The van der Waals surface area contributed by atoms with E-state index in [0.29, 0.717) is 11.3 Å². The summed E-state index contributed by atoms with van der Waals surface area (Å²) in [4.78, 5) is 0. The predicted octanol–water partition coefficient (Wildman–Crippen LogP) is 7.09. The third kappa shape index (κ3) is 3.90. The van der Waals surface area contributed by atoms with E-state index < -0.39 is 0 Å². The maximum Gasteiger partial charge on any atom is -0.0175 e. The van der Waals surface area contributed by atoms with Crippen LogP contribution in [0, 0.1) is 17.3 Å². The van der Waals surface area contributed by atoms with Crippen LogP contribution < -0.4 is 0 Å². The molecule has 0 saturated heterocycles. The Hall–Kier alpha value is -0.780. The predicted molar refractivity (Wildman–Crippen MR) is 96.5 cm³/mol. The standard InChI is InChI=1S/C20H32.CH4/c1-6-20(5)14-8-11-19(17(20)4)13-12-18-10-7-9-15(2)16(18)3;/h12-13,15,17H,3,6-11,14H2,1-2,4-5H3;1H4/b18-12-,19-13+;. The molecule has 0 bridgehead atoms. The Labute approximate surface area is 133 Å². The van der Waals surface area contributed by atoms with E-state index in [1.54, 1.807) is 5.57 Å². The topological polar surface area (TPSA) is 0 Å². The Morgan fingerprint density at radius 1 is 1.19 bits per heavy atom. The molecule has 0 aromatic heterocycles. The molecule has 2 saturated carbocycles. The Bertz CT molecular complexity index is 423. The summed E-state index contributed by atoms with van der Waals surface area (Å²) in [5.41, 5.74) is 5.07. The fourth-order valence-electron chi connectivity index (χ4n) is 3.94. The highest BCUT2D eigenvalue weighted by Gasteiger charge is 2.34. The van der Waals surface area contributed by atoms with Gasteiger partial charge < -0.3 is 0 Å². The fourth-order valence-corrected chi connectivity index (χ4v) is 3.94. The Morgan fingerprint density at radius 2 is 1.90 bits per heavy atom. The summed E-state index contributed by atoms with van der Waals surface area (Å²) in [7, 11) is 0. The molecular formula is C21H36. The van der Waals surface area contributed by atoms with E-state index in [1.807, 2.05) is 0 Å². The van der Waals surface area contributed by atoms with Gasteiger partial charge >= 0.3 is 0 Å². The van der Waals surface area contributed by atoms with Crippen molar-refractivity contribution in [3.05, 3.63) is 35.5 Å². The lowest BCUT2D eigenvalue weighted by Gasteiger charge is -2.41. The van der Waals surface area contributed by atoms with Gasteiger partial charge in [0.1, 0.15) is 0 Å². The molecule has 0 heteroatoms.